The highest BCUT2D eigenvalue weighted by Gasteiger charge is 2.34. The van der Waals surface area contributed by atoms with Gasteiger partial charge in [-0.05, 0) is 74.7 Å². The third-order valence-electron chi connectivity index (χ3n) is 7.83. The summed E-state index contributed by atoms with van der Waals surface area (Å²) < 4.78 is 0. The van der Waals surface area contributed by atoms with Crippen molar-refractivity contribution in [1.82, 2.24) is 15.2 Å². The number of rotatable bonds is 5. The van der Waals surface area contributed by atoms with Crippen LogP contribution in [0.5, 0.6) is 0 Å². The third kappa shape index (κ3) is 4.82. The van der Waals surface area contributed by atoms with Crippen LogP contribution in [-0.4, -0.2) is 49.2 Å². The molecule has 33 heavy (non-hydrogen) atoms. The Hall–Kier alpha value is -2.33. The molecule has 0 radical (unpaired) electrons. The number of nitrogens with one attached hydrogen (secondary N) is 1. The topological polar surface area (TPSA) is 31.4 Å². The lowest BCUT2D eigenvalue weighted by Crippen LogP contribution is -2.44. The van der Waals surface area contributed by atoms with E-state index in [0.717, 1.165) is 61.8 Å². The summed E-state index contributed by atoms with van der Waals surface area (Å²) in [5, 5.41) is 3.48. The van der Waals surface area contributed by atoms with Crippen LogP contribution in [0.1, 0.15) is 57.5 Å². The maximum Gasteiger partial charge on any atom is 0.0749 e. The molecule has 0 spiro atoms. The molecule has 1 N–H and O–H groups in total. The van der Waals surface area contributed by atoms with Crippen LogP contribution in [0.25, 0.3) is 11.6 Å². The molecule has 0 amide bonds. The zero-order valence-electron chi connectivity index (χ0n) is 21.4. The van der Waals surface area contributed by atoms with E-state index >= 15 is 0 Å². The van der Waals surface area contributed by atoms with Crippen molar-refractivity contribution in [1.29, 1.82) is 0 Å². The average molecular weight is 447 g/mol. The standard InChI is InChI=1S/C29H42N4/c1-8-25-27(17-23(7)31-29(25)19(2)3)33-12-9-26(22(6)18-33)28-20(4)15-24(16-21(28)5)32-13-10-30-11-14-32/h8,15,17,21-22,26,30H,1-2,9-14,16,18H2,3-7H3. The number of hydrogen-bond acceptors (Lipinski definition) is 4. The van der Waals surface area contributed by atoms with E-state index in [9.17, 15) is 0 Å². The van der Waals surface area contributed by atoms with Gasteiger partial charge in [-0.3, -0.25) is 4.98 Å². The van der Waals surface area contributed by atoms with Gasteiger partial charge in [0.25, 0.3) is 0 Å². The fourth-order valence-corrected chi connectivity index (χ4v) is 6.32. The molecule has 2 saturated heterocycles. The van der Waals surface area contributed by atoms with E-state index in [1.807, 2.05) is 13.0 Å². The number of nitrogens with zero attached hydrogens (tertiary/aromatic N) is 3. The van der Waals surface area contributed by atoms with Gasteiger partial charge in [0.1, 0.15) is 0 Å². The molecule has 3 heterocycles. The van der Waals surface area contributed by atoms with Crippen LogP contribution in [-0.2, 0) is 0 Å². The maximum atomic E-state index is 4.75. The molecular weight excluding hydrogens is 404 g/mol. The van der Waals surface area contributed by atoms with Crippen LogP contribution < -0.4 is 10.2 Å². The van der Waals surface area contributed by atoms with Crippen LogP contribution in [0.15, 0.2) is 42.1 Å². The summed E-state index contributed by atoms with van der Waals surface area (Å²) in [6, 6.07) is 2.23. The van der Waals surface area contributed by atoms with Gasteiger partial charge in [0.05, 0.1) is 5.69 Å². The smallest absolute Gasteiger partial charge is 0.0749 e. The number of hydrogen-bond donors (Lipinski definition) is 1. The molecule has 2 fully saturated rings. The zero-order chi connectivity index (χ0) is 23.7. The Kier molecular flexibility index (Phi) is 7.13. The van der Waals surface area contributed by atoms with E-state index in [0.29, 0.717) is 17.8 Å². The lowest BCUT2D eigenvalue weighted by Gasteiger charge is -2.44. The van der Waals surface area contributed by atoms with E-state index in [2.05, 4.69) is 68.1 Å². The first-order chi connectivity index (χ1) is 15.8. The molecule has 1 aromatic heterocycles. The predicted octanol–water partition coefficient (Wildman–Crippen LogP) is 5.67. The third-order valence-corrected chi connectivity index (χ3v) is 7.83. The van der Waals surface area contributed by atoms with Crippen molar-refractivity contribution < 1.29 is 0 Å². The largest absolute Gasteiger partial charge is 0.372 e. The van der Waals surface area contributed by atoms with Gasteiger partial charge in [0.2, 0.25) is 0 Å². The Labute approximate surface area is 201 Å². The highest BCUT2D eigenvalue weighted by molar-refractivity contribution is 5.78. The molecule has 4 rings (SSSR count). The van der Waals surface area contributed by atoms with Crippen LogP contribution in [0.3, 0.4) is 0 Å². The normalized spacial score (nSPS) is 26.3. The minimum Gasteiger partial charge on any atom is -0.372 e. The van der Waals surface area contributed by atoms with Crippen LogP contribution >= 0.6 is 0 Å². The van der Waals surface area contributed by atoms with Gasteiger partial charge in [-0.15, -0.1) is 0 Å². The van der Waals surface area contributed by atoms with Gasteiger partial charge < -0.3 is 15.1 Å². The van der Waals surface area contributed by atoms with Gasteiger partial charge in [0, 0.05) is 61.9 Å². The predicted molar refractivity (Wildman–Crippen MR) is 142 cm³/mol. The van der Waals surface area contributed by atoms with E-state index in [1.54, 1.807) is 11.3 Å². The van der Waals surface area contributed by atoms with Gasteiger partial charge in [-0.2, -0.15) is 0 Å². The minimum atomic E-state index is 0.611. The molecule has 0 saturated carbocycles. The van der Waals surface area contributed by atoms with Crippen LogP contribution in [0.2, 0.25) is 0 Å². The summed E-state index contributed by atoms with van der Waals surface area (Å²) in [7, 11) is 0. The first kappa shape index (κ1) is 23.8. The lowest BCUT2D eigenvalue weighted by atomic mass is 9.72. The van der Waals surface area contributed by atoms with E-state index < -0.39 is 0 Å². The fraction of sp³-hybridized carbons (Fsp3) is 0.552. The molecule has 4 heteroatoms. The van der Waals surface area contributed by atoms with Gasteiger partial charge in [-0.25, -0.2) is 0 Å². The molecule has 3 aliphatic rings. The monoisotopic (exact) mass is 446 g/mol. The van der Waals surface area contributed by atoms with Crippen LogP contribution in [0, 0.1) is 24.7 Å². The summed E-state index contributed by atoms with van der Waals surface area (Å²) in [6.45, 7) is 26.3. The molecule has 1 aliphatic carbocycles. The minimum absolute atomic E-state index is 0.611. The number of anilines is 1. The number of pyridine rings is 1. The van der Waals surface area contributed by atoms with E-state index in [1.165, 1.54) is 24.1 Å². The number of piperidine rings is 1. The van der Waals surface area contributed by atoms with Gasteiger partial charge in [-0.1, -0.05) is 38.7 Å². The SMILES string of the molecule is C=Cc1c(N2CCC(C3=C(C)C=C(N4CCNCC4)CC3C)C(C)C2)cc(C)nc1C(=C)C. The molecule has 0 aromatic carbocycles. The molecule has 178 valence electrons. The van der Waals surface area contributed by atoms with Crippen LogP contribution in [0.4, 0.5) is 5.69 Å². The number of piperazine rings is 1. The average Bonchev–Trinajstić information content (AvgIpc) is 2.79. The lowest BCUT2D eigenvalue weighted by molar-refractivity contribution is 0.270. The van der Waals surface area contributed by atoms with Crippen molar-refractivity contribution in [3.05, 3.63) is 59.1 Å². The Morgan fingerprint density at radius 3 is 2.48 bits per heavy atom. The van der Waals surface area contributed by atoms with Crippen molar-refractivity contribution >= 4 is 17.3 Å². The van der Waals surface area contributed by atoms with Crippen molar-refractivity contribution in [2.75, 3.05) is 44.2 Å². The zero-order valence-corrected chi connectivity index (χ0v) is 21.4. The van der Waals surface area contributed by atoms with Gasteiger partial charge in [0.15, 0.2) is 0 Å². The molecule has 3 unspecified atom stereocenters. The number of aromatic nitrogens is 1. The Morgan fingerprint density at radius 1 is 1.15 bits per heavy atom. The Morgan fingerprint density at radius 2 is 1.88 bits per heavy atom. The fourth-order valence-electron chi connectivity index (χ4n) is 6.32. The highest BCUT2D eigenvalue weighted by atomic mass is 15.2. The van der Waals surface area contributed by atoms with Crippen molar-refractivity contribution in [2.45, 2.75) is 47.5 Å². The first-order valence-corrected chi connectivity index (χ1v) is 12.7. The maximum absolute atomic E-state index is 4.75. The molecule has 4 nitrogen and oxygen atoms in total. The van der Waals surface area contributed by atoms with Crippen molar-refractivity contribution in [3.8, 4) is 0 Å². The van der Waals surface area contributed by atoms with E-state index in [-0.39, 0.29) is 0 Å². The summed E-state index contributed by atoms with van der Waals surface area (Å²) in [5.74, 6) is 1.90. The van der Waals surface area contributed by atoms with Crippen molar-refractivity contribution in [3.63, 3.8) is 0 Å². The molecule has 2 aliphatic heterocycles. The Balaban J connectivity index is 1.56. The second kappa shape index (κ2) is 9.89. The summed E-state index contributed by atoms with van der Waals surface area (Å²) in [4.78, 5) is 9.91. The number of aryl methyl sites for hydroxylation is 1. The summed E-state index contributed by atoms with van der Waals surface area (Å²) in [5.41, 5.74) is 10.2. The van der Waals surface area contributed by atoms with Crippen molar-refractivity contribution in [2.24, 2.45) is 17.8 Å². The second-order valence-corrected chi connectivity index (χ2v) is 10.5. The second-order valence-electron chi connectivity index (χ2n) is 10.5. The molecule has 3 atom stereocenters. The summed E-state index contributed by atoms with van der Waals surface area (Å²) >= 11 is 0. The number of allylic oxidation sites excluding steroid dienone is 5. The molecular formula is C29H42N4. The quantitative estimate of drug-likeness (QED) is 0.631. The van der Waals surface area contributed by atoms with Gasteiger partial charge >= 0.3 is 0 Å². The Bertz CT molecular complexity index is 980. The van der Waals surface area contributed by atoms with E-state index in [4.69, 9.17) is 4.98 Å². The summed E-state index contributed by atoms with van der Waals surface area (Å²) in [6.07, 6.45) is 6.85. The first-order valence-electron chi connectivity index (χ1n) is 12.7. The molecule has 0 bridgehead atoms. The highest BCUT2D eigenvalue weighted by Crippen LogP contribution is 2.42. The molecule has 1 aromatic rings.